The number of hydrogen-bond donors (Lipinski definition) is 1. The lowest BCUT2D eigenvalue weighted by atomic mass is 9.96. The van der Waals surface area contributed by atoms with Crippen molar-refractivity contribution >= 4 is 15.9 Å². The normalized spacial score (nSPS) is 14.9. The van der Waals surface area contributed by atoms with Gasteiger partial charge in [0.1, 0.15) is 0 Å². The van der Waals surface area contributed by atoms with E-state index in [1.165, 1.54) is 12.0 Å². The van der Waals surface area contributed by atoms with Crippen LogP contribution >= 0.6 is 15.9 Å². The third kappa shape index (κ3) is 4.76. The minimum atomic E-state index is 0.246. The molecule has 0 saturated heterocycles. The Balaban J connectivity index is 2.47. The zero-order chi connectivity index (χ0) is 11.3. The number of halogens is 1. The largest absolute Gasteiger partial charge is 0.327 e. The summed E-state index contributed by atoms with van der Waals surface area (Å²) in [6, 6.07) is 2.33. The fraction of sp³-hybridized carbons (Fsp3) is 0.583. The second-order valence-corrected chi connectivity index (χ2v) is 5.14. The lowest BCUT2D eigenvalue weighted by molar-refractivity contribution is 0.450. The van der Waals surface area contributed by atoms with Crippen molar-refractivity contribution in [2.24, 2.45) is 11.7 Å². The Bertz CT molecular complexity index is 301. The minimum Gasteiger partial charge on any atom is -0.327 e. The van der Waals surface area contributed by atoms with Crippen molar-refractivity contribution in [3.63, 3.8) is 0 Å². The molecule has 1 rings (SSSR count). The van der Waals surface area contributed by atoms with Crippen LogP contribution in [0.1, 0.15) is 32.3 Å². The summed E-state index contributed by atoms with van der Waals surface area (Å²) in [6.45, 7) is 4.46. The van der Waals surface area contributed by atoms with Gasteiger partial charge in [-0.05, 0) is 46.3 Å². The first kappa shape index (κ1) is 12.7. The average molecular weight is 271 g/mol. The van der Waals surface area contributed by atoms with Gasteiger partial charge in [0.05, 0.1) is 0 Å². The second-order valence-electron chi connectivity index (χ2n) is 4.22. The van der Waals surface area contributed by atoms with Crippen molar-refractivity contribution in [1.29, 1.82) is 0 Å². The Morgan fingerprint density at radius 1 is 1.47 bits per heavy atom. The first-order valence-electron chi connectivity index (χ1n) is 5.46. The van der Waals surface area contributed by atoms with Gasteiger partial charge < -0.3 is 5.73 Å². The summed E-state index contributed by atoms with van der Waals surface area (Å²) in [5.74, 6) is 0.708. The quantitative estimate of drug-likeness (QED) is 0.893. The van der Waals surface area contributed by atoms with Crippen LogP contribution in [0.2, 0.25) is 0 Å². The highest BCUT2D eigenvalue weighted by molar-refractivity contribution is 9.10. The molecule has 0 radical (unpaired) electrons. The Kier molecular flexibility index (Phi) is 5.26. The summed E-state index contributed by atoms with van der Waals surface area (Å²) in [7, 11) is 0. The van der Waals surface area contributed by atoms with Gasteiger partial charge in [0, 0.05) is 22.9 Å². The molecule has 3 heteroatoms. The molecule has 0 aliphatic heterocycles. The standard InChI is InChI=1S/C12H19BrN2/c1-3-9(2)4-12(14)6-10-5-11(13)8-15-7-10/h5,7-9,12H,3-4,6,14H2,1-2H3. The van der Waals surface area contributed by atoms with Gasteiger partial charge in [-0.3, -0.25) is 4.98 Å². The number of pyridine rings is 1. The molecule has 2 atom stereocenters. The second kappa shape index (κ2) is 6.23. The van der Waals surface area contributed by atoms with Crippen molar-refractivity contribution in [1.82, 2.24) is 4.98 Å². The minimum absolute atomic E-state index is 0.246. The average Bonchev–Trinajstić information content (AvgIpc) is 2.17. The predicted octanol–water partition coefficient (Wildman–Crippen LogP) is 3.15. The highest BCUT2D eigenvalue weighted by Crippen LogP contribution is 2.14. The molecule has 1 aromatic heterocycles. The van der Waals surface area contributed by atoms with Crippen molar-refractivity contribution in [2.75, 3.05) is 0 Å². The Morgan fingerprint density at radius 3 is 2.80 bits per heavy atom. The van der Waals surface area contributed by atoms with Crippen LogP contribution in [0, 0.1) is 5.92 Å². The molecule has 2 unspecified atom stereocenters. The first-order valence-corrected chi connectivity index (χ1v) is 6.26. The van der Waals surface area contributed by atoms with Crippen molar-refractivity contribution in [3.8, 4) is 0 Å². The van der Waals surface area contributed by atoms with E-state index in [4.69, 9.17) is 5.73 Å². The van der Waals surface area contributed by atoms with Crippen molar-refractivity contribution in [2.45, 2.75) is 39.2 Å². The summed E-state index contributed by atoms with van der Waals surface area (Å²) < 4.78 is 1.02. The summed E-state index contributed by atoms with van der Waals surface area (Å²) >= 11 is 3.41. The molecular weight excluding hydrogens is 252 g/mol. The third-order valence-electron chi connectivity index (χ3n) is 2.66. The lowest BCUT2D eigenvalue weighted by Gasteiger charge is -2.15. The lowest BCUT2D eigenvalue weighted by Crippen LogP contribution is -2.25. The molecule has 0 aliphatic rings. The molecule has 15 heavy (non-hydrogen) atoms. The van der Waals surface area contributed by atoms with Crippen LogP contribution in [-0.2, 0) is 6.42 Å². The highest BCUT2D eigenvalue weighted by Gasteiger charge is 2.08. The van der Waals surface area contributed by atoms with Crippen molar-refractivity contribution in [3.05, 3.63) is 28.5 Å². The Hall–Kier alpha value is -0.410. The predicted molar refractivity (Wildman–Crippen MR) is 67.7 cm³/mol. The fourth-order valence-corrected chi connectivity index (χ4v) is 2.05. The van der Waals surface area contributed by atoms with Crippen molar-refractivity contribution < 1.29 is 0 Å². The van der Waals surface area contributed by atoms with Gasteiger partial charge in [0.2, 0.25) is 0 Å². The molecule has 0 aromatic carbocycles. The number of nitrogens with zero attached hydrogens (tertiary/aromatic N) is 1. The molecule has 2 N–H and O–H groups in total. The van der Waals surface area contributed by atoms with Gasteiger partial charge in [-0.25, -0.2) is 0 Å². The van der Waals surface area contributed by atoms with Crippen LogP contribution in [-0.4, -0.2) is 11.0 Å². The SMILES string of the molecule is CCC(C)CC(N)Cc1cncc(Br)c1. The zero-order valence-corrected chi connectivity index (χ0v) is 11.0. The molecule has 0 amide bonds. The van der Waals surface area contributed by atoms with Crippen LogP contribution in [0.25, 0.3) is 0 Å². The molecule has 1 aromatic rings. The molecule has 0 fully saturated rings. The van der Waals surface area contributed by atoms with E-state index in [1.54, 1.807) is 6.20 Å². The van der Waals surface area contributed by atoms with Gasteiger partial charge >= 0.3 is 0 Å². The van der Waals surface area contributed by atoms with Crippen LogP contribution < -0.4 is 5.73 Å². The Morgan fingerprint density at radius 2 is 2.20 bits per heavy atom. The van der Waals surface area contributed by atoms with E-state index in [2.05, 4.69) is 40.8 Å². The third-order valence-corrected chi connectivity index (χ3v) is 3.10. The van der Waals surface area contributed by atoms with Gasteiger partial charge in [0.25, 0.3) is 0 Å². The van der Waals surface area contributed by atoms with Crippen LogP contribution in [0.4, 0.5) is 0 Å². The topological polar surface area (TPSA) is 38.9 Å². The van der Waals surface area contributed by atoms with E-state index in [1.807, 2.05) is 6.20 Å². The van der Waals surface area contributed by atoms with E-state index in [0.29, 0.717) is 5.92 Å². The van der Waals surface area contributed by atoms with E-state index >= 15 is 0 Å². The summed E-state index contributed by atoms with van der Waals surface area (Å²) in [5, 5.41) is 0. The fourth-order valence-electron chi connectivity index (χ4n) is 1.64. The maximum absolute atomic E-state index is 6.09. The Labute approximate surface area is 100 Å². The molecule has 1 heterocycles. The number of aromatic nitrogens is 1. The molecular formula is C12H19BrN2. The van der Waals surface area contributed by atoms with Crippen LogP contribution in [0.5, 0.6) is 0 Å². The summed E-state index contributed by atoms with van der Waals surface area (Å²) in [5.41, 5.74) is 7.30. The van der Waals surface area contributed by atoms with Crippen LogP contribution in [0.15, 0.2) is 22.9 Å². The molecule has 2 nitrogen and oxygen atoms in total. The summed E-state index contributed by atoms with van der Waals surface area (Å²) in [4.78, 5) is 4.13. The zero-order valence-electron chi connectivity index (χ0n) is 9.41. The smallest absolute Gasteiger partial charge is 0.0410 e. The number of hydrogen-bond acceptors (Lipinski definition) is 2. The molecule has 0 aliphatic carbocycles. The number of nitrogens with two attached hydrogens (primary N) is 1. The summed E-state index contributed by atoms with van der Waals surface area (Å²) in [6.07, 6.45) is 6.88. The van der Waals surface area contributed by atoms with E-state index in [9.17, 15) is 0 Å². The van der Waals surface area contributed by atoms with Gasteiger partial charge in [-0.15, -0.1) is 0 Å². The van der Waals surface area contributed by atoms with Crippen LogP contribution in [0.3, 0.4) is 0 Å². The maximum Gasteiger partial charge on any atom is 0.0410 e. The van der Waals surface area contributed by atoms with Gasteiger partial charge in [0.15, 0.2) is 0 Å². The monoisotopic (exact) mass is 270 g/mol. The molecule has 0 spiro atoms. The maximum atomic E-state index is 6.09. The first-order chi connectivity index (χ1) is 7.11. The van der Waals surface area contributed by atoms with E-state index < -0.39 is 0 Å². The number of rotatable bonds is 5. The molecule has 84 valence electrons. The highest BCUT2D eigenvalue weighted by atomic mass is 79.9. The van der Waals surface area contributed by atoms with Gasteiger partial charge in [-0.2, -0.15) is 0 Å². The van der Waals surface area contributed by atoms with Gasteiger partial charge in [-0.1, -0.05) is 20.3 Å². The van der Waals surface area contributed by atoms with E-state index in [-0.39, 0.29) is 6.04 Å². The molecule has 0 bridgehead atoms. The molecule has 0 saturated carbocycles. The van der Waals surface area contributed by atoms with E-state index in [0.717, 1.165) is 17.3 Å².